The molecule has 0 amide bonds. The molecule has 1 aromatic carbocycles. The lowest BCUT2D eigenvalue weighted by Crippen LogP contribution is -2.18. The monoisotopic (exact) mass is 293 g/mol. The average molecular weight is 293 g/mol. The van der Waals surface area contributed by atoms with Gasteiger partial charge >= 0.3 is 0 Å². The maximum atomic E-state index is 5.91. The number of benzene rings is 1. The van der Waals surface area contributed by atoms with Crippen molar-refractivity contribution in [1.82, 2.24) is 5.32 Å². The first-order chi connectivity index (χ1) is 10.2. The van der Waals surface area contributed by atoms with E-state index in [1.807, 2.05) is 13.0 Å². The zero-order chi connectivity index (χ0) is 15.1. The second-order valence-corrected chi connectivity index (χ2v) is 5.45. The summed E-state index contributed by atoms with van der Waals surface area (Å²) in [4.78, 5) is 0. The molecule has 0 aliphatic carbocycles. The Balaban J connectivity index is 1.96. The highest BCUT2D eigenvalue weighted by molar-refractivity contribution is 5.43. The Kier molecular flexibility index (Phi) is 6.33. The summed E-state index contributed by atoms with van der Waals surface area (Å²) in [6, 6.07) is 6.13. The average Bonchev–Trinajstić information content (AvgIpc) is 2.90. The van der Waals surface area contributed by atoms with Crippen LogP contribution in [0.3, 0.4) is 0 Å². The van der Waals surface area contributed by atoms with Crippen LogP contribution in [0.25, 0.3) is 0 Å². The van der Waals surface area contributed by atoms with E-state index in [4.69, 9.17) is 14.2 Å². The van der Waals surface area contributed by atoms with Crippen LogP contribution in [-0.4, -0.2) is 32.0 Å². The van der Waals surface area contributed by atoms with Crippen LogP contribution in [0.4, 0.5) is 0 Å². The van der Waals surface area contributed by atoms with Gasteiger partial charge in [0.2, 0.25) is 0 Å². The normalized spacial score (nSPS) is 21.5. The fourth-order valence-corrected chi connectivity index (χ4v) is 2.51. The van der Waals surface area contributed by atoms with Crippen LogP contribution in [0, 0.1) is 0 Å². The summed E-state index contributed by atoms with van der Waals surface area (Å²) in [6.45, 7) is 9.24. The van der Waals surface area contributed by atoms with E-state index in [2.05, 4.69) is 31.3 Å². The van der Waals surface area contributed by atoms with Gasteiger partial charge in [0, 0.05) is 6.54 Å². The van der Waals surface area contributed by atoms with Crippen molar-refractivity contribution in [1.29, 1.82) is 0 Å². The molecule has 0 aromatic heterocycles. The molecule has 4 nitrogen and oxygen atoms in total. The van der Waals surface area contributed by atoms with E-state index >= 15 is 0 Å². The highest BCUT2D eigenvalue weighted by Crippen LogP contribution is 2.29. The molecule has 1 aromatic rings. The van der Waals surface area contributed by atoms with Gasteiger partial charge in [0.05, 0.1) is 18.8 Å². The van der Waals surface area contributed by atoms with E-state index in [0.717, 1.165) is 37.4 Å². The lowest BCUT2D eigenvalue weighted by atomic mass is 10.2. The maximum absolute atomic E-state index is 5.91. The Morgan fingerprint density at radius 1 is 1.19 bits per heavy atom. The zero-order valence-corrected chi connectivity index (χ0v) is 13.4. The summed E-state index contributed by atoms with van der Waals surface area (Å²) in [6.07, 6.45) is 2.75. The maximum Gasteiger partial charge on any atom is 0.161 e. The number of hydrogen-bond donors (Lipinski definition) is 1. The molecule has 1 heterocycles. The molecule has 1 aliphatic heterocycles. The third-order valence-electron chi connectivity index (χ3n) is 3.63. The van der Waals surface area contributed by atoms with E-state index in [9.17, 15) is 0 Å². The van der Waals surface area contributed by atoms with Crippen molar-refractivity contribution in [2.75, 3.05) is 19.8 Å². The van der Waals surface area contributed by atoms with Crippen molar-refractivity contribution in [3.05, 3.63) is 23.8 Å². The fourth-order valence-electron chi connectivity index (χ4n) is 2.51. The summed E-state index contributed by atoms with van der Waals surface area (Å²) in [7, 11) is 0. The van der Waals surface area contributed by atoms with Crippen LogP contribution in [-0.2, 0) is 11.3 Å². The van der Waals surface area contributed by atoms with E-state index in [1.54, 1.807) is 0 Å². The molecule has 21 heavy (non-hydrogen) atoms. The molecular weight excluding hydrogens is 266 g/mol. The Morgan fingerprint density at radius 3 is 2.71 bits per heavy atom. The van der Waals surface area contributed by atoms with Crippen LogP contribution in [0.1, 0.15) is 39.2 Å². The van der Waals surface area contributed by atoms with E-state index in [0.29, 0.717) is 19.3 Å². The first kappa shape index (κ1) is 16.1. The Labute approximate surface area is 127 Å². The number of nitrogens with one attached hydrogen (secondary N) is 1. The molecule has 1 saturated heterocycles. The van der Waals surface area contributed by atoms with Gasteiger partial charge in [0.25, 0.3) is 0 Å². The van der Waals surface area contributed by atoms with Gasteiger partial charge < -0.3 is 19.5 Å². The van der Waals surface area contributed by atoms with Crippen molar-refractivity contribution in [2.45, 2.75) is 52.4 Å². The van der Waals surface area contributed by atoms with Crippen molar-refractivity contribution in [3.8, 4) is 11.5 Å². The van der Waals surface area contributed by atoms with Gasteiger partial charge in [-0.2, -0.15) is 0 Å². The Morgan fingerprint density at radius 2 is 2.05 bits per heavy atom. The van der Waals surface area contributed by atoms with Gasteiger partial charge in [-0.1, -0.05) is 13.0 Å². The van der Waals surface area contributed by atoms with Crippen molar-refractivity contribution >= 4 is 0 Å². The van der Waals surface area contributed by atoms with Crippen LogP contribution in [0.15, 0.2) is 18.2 Å². The van der Waals surface area contributed by atoms with Crippen LogP contribution >= 0.6 is 0 Å². The molecule has 0 bridgehead atoms. The molecule has 2 unspecified atom stereocenters. The zero-order valence-electron chi connectivity index (χ0n) is 13.4. The lowest BCUT2D eigenvalue weighted by molar-refractivity contribution is 0.0258. The number of ether oxygens (including phenoxy) is 3. The number of rotatable bonds is 8. The summed E-state index contributed by atoms with van der Waals surface area (Å²) >= 11 is 0. The first-order valence-corrected chi connectivity index (χ1v) is 7.97. The Bertz CT molecular complexity index is 436. The highest BCUT2D eigenvalue weighted by Gasteiger charge is 2.22. The van der Waals surface area contributed by atoms with Crippen molar-refractivity contribution < 1.29 is 14.2 Å². The van der Waals surface area contributed by atoms with Crippen LogP contribution in [0.2, 0.25) is 0 Å². The van der Waals surface area contributed by atoms with Gasteiger partial charge in [-0.15, -0.1) is 0 Å². The second kappa shape index (κ2) is 8.25. The highest BCUT2D eigenvalue weighted by atomic mass is 16.6. The van der Waals surface area contributed by atoms with Crippen LogP contribution in [0.5, 0.6) is 11.5 Å². The molecule has 1 fully saturated rings. The fraction of sp³-hybridized carbons (Fsp3) is 0.647. The first-order valence-electron chi connectivity index (χ1n) is 7.97. The van der Waals surface area contributed by atoms with Crippen molar-refractivity contribution in [3.63, 3.8) is 0 Å². The molecule has 1 aliphatic rings. The quantitative estimate of drug-likeness (QED) is 0.799. The standard InChI is InChI=1S/C17H27NO3/c1-4-18-11-14-7-9-16(17(10-14)19-5-2)20-12-15-8-6-13(3)21-15/h7,9-10,13,15,18H,4-6,8,11-12H2,1-3H3. The summed E-state index contributed by atoms with van der Waals surface area (Å²) < 4.78 is 17.4. The summed E-state index contributed by atoms with van der Waals surface area (Å²) in [5.41, 5.74) is 1.21. The molecule has 2 rings (SSSR count). The Hall–Kier alpha value is -1.26. The van der Waals surface area contributed by atoms with Gasteiger partial charge in [0.1, 0.15) is 6.61 Å². The third kappa shape index (κ3) is 4.90. The molecule has 4 heteroatoms. The molecule has 118 valence electrons. The van der Waals surface area contributed by atoms with Crippen LogP contribution < -0.4 is 14.8 Å². The van der Waals surface area contributed by atoms with E-state index in [1.165, 1.54) is 5.56 Å². The SMILES string of the molecule is CCNCc1ccc(OCC2CCC(C)O2)c(OCC)c1. The predicted molar refractivity (Wildman–Crippen MR) is 84.1 cm³/mol. The topological polar surface area (TPSA) is 39.7 Å². The van der Waals surface area contributed by atoms with Crippen molar-refractivity contribution in [2.24, 2.45) is 0 Å². The largest absolute Gasteiger partial charge is 0.490 e. The van der Waals surface area contributed by atoms with Gasteiger partial charge in [-0.3, -0.25) is 0 Å². The third-order valence-corrected chi connectivity index (χ3v) is 3.63. The summed E-state index contributed by atoms with van der Waals surface area (Å²) in [5.74, 6) is 1.62. The predicted octanol–water partition coefficient (Wildman–Crippen LogP) is 3.14. The lowest BCUT2D eigenvalue weighted by Gasteiger charge is -2.16. The minimum Gasteiger partial charge on any atom is -0.490 e. The minimum atomic E-state index is 0.205. The molecule has 0 saturated carbocycles. The molecule has 0 spiro atoms. The summed E-state index contributed by atoms with van der Waals surface area (Å²) in [5, 5.41) is 3.32. The van der Waals surface area contributed by atoms with E-state index < -0.39 is 0 Å². The molecule has 1 N–H and O–H groups in total. The van der Waals surface area contributed by atoms with Gasteiger partial charge in [0.15, 0.2) is 11.5 Å². The molecule has 0 radical (unpaired) electrons. The van der Waals surface area contributed by atoms with Gasteiger partial charge in [-0.05, 0) is 50.9 Å². The van der Waals surface area contributed by atoms with E-state index in [-0.39, 0.29) is 6.10 Å². The second-order valence-electron chi connectivity index (χ2n) is 5.45. The minimum absolute atomic E-state index is 0.205. The van der Waals surface area contributed by atoms with Gasteiger partial charge in [-0.25, -0.2) is 0 Å². The number of hydrogen-bond acceptors (Lipinski definition) is 4. The molecular formula is C17H27NO3. The molecule has 2 atom stereocenters. The smallest absolute Gasteiger partial charge is 0.161 e.